The van der Waals surface area contributed by atoms with Crippen LogP contribution in [0.2, 0.25) is 0 Å². The largest absolute Gasteiger partial charge is 0.361 e. The summed E-state index contributed by atoms with van der Waals surface area (Å²) in [6, 6.07) is 21.2. The normalized spacial score (nSPS) is 20.5. The average molecular weight is 335 g/mol. The van der Waals surface area contributed by atoms with Crippen molar-refractivity contribution in [2.45, 2.75) is 19.2 Å². The Labute approximate surface area is 148 Å². The fraction of sp³-hybridized carbons (Fsp3) is 0.286. The van der Waals surface area contributed by atoms with Gasteiger partial charge in [0.25, 0.3) is 0 Å². The molecule has 4 rings (SSSR count). The predicted molar refractivity (Wildman–Crippen MR) is 96.1 cm³/mol. The SMILES string of the molecule is c1ccc(C[n+]2cc(C3C[NH+](Cc4ccccc4)CCO3)c[nH]2)cc1. The van der Waals surface area contributed by atoms with Crippen molar-refractivity contribution >= 4 is 0 Å². The fourth-order valence-electron chi connectivity index (χ4n) is 3.49. The molecule has 1 fully saturated rings. The Morgan fingerprint density at radius 1 is 1.00 bits per heavy atom. The van der Waals surface area contributed by atoms with Crippen molar-refractivity contribution in [2.75, 3.05) is 19.7 Å². The second-order valence-electron chi connectivity index (χ2n) is 6.74. The molecule has 0 aliphatic carbocycles. The Kier molecular flexibility index (Phi) is 4.91. The molecule has 1 aromatic heterocycles. The molecule has 25 heavy (non-hydrogen) atoms. The van der Waals surface area contributed by atoms with Gasteiger partial charge in [-0.15, -0.1) is 4.68 Å². The van der Waals surface area contributed by atoms with E-state index in [1.54, 1.807) is 4.90 Å². The van der Waals surface area contributed by atoms with Crippen LogP contribution in [0.25, 0.3) is 0 Å². The number of nitrogens with one attached hydrogen (secondary N) is 2. The first-order chi connectivity index (χ1) is 12.4. The maximum absolute atomic E-state index is 6.04. The predicted octanol–water partition coefficient (Wildman–Crippen LogP) is 1.51. The summed E-state index contributed by atoms with van der Waals surface area (Å²) in [6.45, 7) is 4.82. The highest BCUT2D eigenvalue weighted by atomic mass is 16.5. The Balaban J connectivity index is 1.40. The van der Waals surface area contributed by atoms with E-state index < -0.39 is 0 Å². The third-order valence-corrected chi connectivity index (χ3v) is 4.82. The quantitative estimate of drug-likeness (QED) is 0.681. The van der Waals surface area contributed by atoms with E-state index in [0.717, 1.165) is 32.8 Å². The Morgan fingerprint density at radius 3 is 2.48 bits per heavy atom. The average Bonchev–Trinajstić information content (AvgIpc) is 3.12. The van der Waals surface area contributed by atoms with Gasteiger partial charge in [0, 0.05) is 11.1 Å². The van der Waals surface area contributed by atoms with E-state index in [1.807, 2.05) is 6.07 Å². The zero-order chi connectivity index (χ0) is 16.9. The number of hydrogen-bond donors (Lipinski definition) is 2. The monoisotopic (exact) mass is 335 g/mol. The van der Waals surface area contributed by atoms with Crippen LogP contribution >= 0.6 is 0 Å². The third kappa shape index (κ3) is 4.16. The van der Waals surface area contributed by atoms with Gasteiger partial charge in [-0.2, -0.15) is 5.10 Å². The summed E-state index contributed by atoms with van der Waals surface area (Å²) >= 11 is 0. The van der Waals surface area contributed by atoms with Crippen LogP contribution in [-0.2, 0) is 17.8 Å². The minimum Gasteiger partial charge on any atom is -0.361 e. The van der Waals surface area contributed by atoms with Crippen LogP contribution in [0.1, 0.15) is 22.8 Å². The van der Waals surface area contributed by atoms with Crippen molar-refractivity contribution in [2.24, 2.45) is 0 Å². The lowest BCUT2D eigenvalue weighted by Crippen LogP contribution is -3.12. The number of nitrogens with zero attached hydrogens (tertiary/aromatic N) is 1. The van der Waals surface area contributed by atoms with Gasteiger partial charge in [-0.05, 0) is 0 Å². The number of rotatable bonds is 5. The Hall–Kier alpha value is -2.43. The number of aromatic nitrogens is 2. The number of benzene rings is 2. The van der Waals surface area contributed by atoms with Crippen LogP contribution in [0.3, 0.4) is 0 Å². The van der Waals surface area contributed by atoms with E-state index in [0.29, 0.717) is 0 Å². The third-order valence-electron chi connectivity index (χ3n) is 4.82. The molecule has 4 heteroatoms. The molecule has 2 unspecified atom stereocenters. The summed E-state index contributed by atoms with van der Waals surface area (Å²) in [7, 11) is 0. The molecule has 1 aliphatic rings. The van der Waals surface area contributed by atoms with E-state index in [-0.39, 0.29) is 6.10 Å². The Bertz CT molecular complexity index is 785. The molecule has 1 aliphatic heterocycles. The van der Waals surface area contributed by atoms with Crippen molar-refractivity contribution in [1.29, 1.82) is 0 Å². The molecule has 0 amide bonds. The number of H-pyrrole nitrogens is 1. The summed E-state index contributed by atoms with van der Waals surface area (Å²) in [5.74, 6) is 0. The molecular weight excluding hydrogens is 310 g/mol. The number of aromatic amines is 1. The molecule has 2 atom stereocenters. The van der Waals surface area contributed by atoms with Gasteiger partial charge >= 0.3 is 0 Å². The number of quaternary nitrogens is 1. The van der Waals surface area contributed by atoms with Crippen molar-refractivity contribution in [3.8, 4) is 0 Å². The molecule has 2 heterocycles. The summed E-state index contributed by atoms with van der Waals surface area (Å²) in [6.07, 6.45) is 4.43. The van der Waals surface area contributed by atoms with Crippen LogP contribution in [0, 0.1) is 0 Å². The summed E-state index contributed by atoms with van der Waals surface area (Å²) < 4.78 is 8.17. The molecule has 0 bridgehead atoms. The molecule has 3 aromatic rings. The minimum atomic E-state index is 0.167. The van der Waals surface area contributed by atoms with Crippen molar-refractivity contribution in [3.63, 3.8) is 0 Å². The molecule has 0 radical (unpaired) electrons. The van der Waals surface area contributed by atoms with E-state index in [4.69, 9.17) is 4.74 Å². The highest BCUT2D eigenvalue weighted by Crippen LogP contribution is 2.15. The maximum Gasteiger partial charge on any atom is 0.201 e. The van der Waals surface area contributed by atoms with Crippen molar-refractivity contribution < 1.29 is 14.3 Å². The van der Waals surface area contributed by atoms with Gasteiger partial charge in [0.2, 0.25) is 6.20 Å². The molecule has 128 valence electrons. The zero-order valence-electron chi connectivity index (χ0n) is 14.4. The first kappa shape index (κ1) is 16.1. The van der Waals surface area contributed by atoms with Gasteiger partial charge in [0.05, 0.1) is 18.4 Å². The first-order valence-electron chi connectivity index (χ1n) is 8.97. The summed E-state index contributed by atoms with van der Waals surface area (Å²) in [5.41, 5.74) is 3.93. The van der Waals surface area contributed by atoms with Crippen LogP contribution in [-0.4, -0.2) is 24.8 Å². The van der Waals surface area contributed by atoms with Gasteiger partial charge in [-0.25, -0.2) is 0 Å². The summed E-state index contributed by atoms with van der Waals surface area (Å²) in [4.78, 5) is 1.58. The van der Waals surface area contributed by atoms with Crippen LogP contribution in [0.15, 0.2) is 73.1 Å². The second-order valence-corrected chi connectivity index (χ2v) is 6.74. The number of hydrogen-bond acceptors (Lipinski definition) is 1. The number of morpholine rings is 1. The molecule has 2 N–H and O–H groups in total. The topological polar surface area (TPSA) is 33.3 Å². The van der Waals surface area contributed by atoms with Crippen molar-refractivity contribution in [3.05, 3.63) is 89.7 Å². The maximum atomic E-state index is 6.04. The van der Waals surface area contributed by atoms with Gasteiger partial charge in [0.15, 0.2) is 6.54 Å². The zero-order valence-corrected chi connectivity index (χ0v) is 14.4. The van der Waals surface area contributed by atoms with Crippen LogP contribution in [0.5, 0.6) is 0 Å². The smallest absolute Gasteiger partial charge is 0.201 e. The molecule has 0 saturated carbocycles. The lowest BCUT2D eigenvalue weighted by Gasteiger charge is -2.29. The lowest BCUT2D eigenvalue weighted by molar-refractivity contribution is -0.926. The molecule has 0 spiro atoms. The summed E-state index contributed by atoms with van der Waals surface area (Å²) in [5, 5.41) is 3.34. The van der Waals surface area contributed by atoms with Crippen LogP contribution < -0.4 is 9.58 Å². The second kappa shape index (κ2) is 7.64. The highest BCUT2D eigenvalue weighted by Gasteiger charge is 2.28. The van der Waals surface area contributed by atoms with Gasteiger partial charge in [-0.3, -0.25) is 0 Å². The molecule has 1 saturated heterocycles. The first-order valence-corrected chi connectivity index (χ1v) is 8.97. The van der Waals surface area contributed by atoms with Gasteiger partial charge in [0.1, 0.15) is 25.7 Å². The van der Waals surface area contributed by atoms with E-state index >= 15 is 0 Å². The number of ether oxygens (including phenoxy) is 1. The molecular formula is C21H25N3O+2. The van der Waals surface area contributed by atoms with E-state index in [1.165, 1.54) is 16.7 Å². The van der Waals surface area contributed by atoms with Crippen LogP contribution in [0.4, 0.5) is 0 Å². The standard InChI is InChI=1S/C21H23N3O/c1-3-7-18(8-4-1)14-23-11-12-25-21(17-23)20-13-22-24(16-20)15-19-9-5-2-6-10-19/h1-10,13,16,21H,11-12,14-15,17H2/p+2. The van der Waals surface area contributed by atoms with Gasteiger partial charge < -0.3 is 9.64 Å². The lowest BCUT2D eigenvalue weighted by atomic mass is 10.1. The van der Waals surface area contributed by atoms with E-state index in [9.17, 15) is 0 Å². The molecule has 2 aromatic carbocycles. The van der Waals surface area contributed by atoms with Gasteiger partial charge in [-0.1, -0.05) is 60.7 Å². The minimum absolute atomic E-state index is 0.167. The van der Waals surface area contributed by atoms with Crippen molar-refractivity contribution in [1.82, 2.24) is 5.10 Å². The van der Waals surface area contributed by atoms with E-state index in [2.05, 4.69) is 76.8 Å². The fourth-order valence-corrected chi connectivity index (χ4v) is 3.49. The highest BCUT2D eigenvalue weighted by molar-refractivity contribution is 5.14. The molecule has 4 nitrogen and oxygen atoms in total. The Morgan fingerprint density at radius 2 is 1.72 bits per heavy atom.